The smallest absolute Gasteiger partial charge is 0.320 e. The SMILES string of the molecule is Cc1ccc(C)c(S(=O)(=O)N2CCN([C@H](C)C(=O)O)CC2)c1. The average molecular weight is 326 g/mol. The van der Waals surface area contributed by atoms with E-state index in [9.17, 15) is 13.2 Å². The third kappa shape index (κ3) is 3.31. The molecule has 0 bridgehead atoms. The summed E-state index contributed by atoms with van der Waals surface area (Å²) >= 11 is 0. The monoisotopic (exact) mass is 326 g/mol. The average Bonchev–Trinajstić information content (AvgIpc) is 2.48. The second-order valence-electron chi connectivity index (χ2n) is 5.72. The molecular formula is C15H22N2O4S. The Morgan fingerprint density at radius 3 is 2.32 bits per heavy atom. The highest BCUT2D eigenvalue weighted by Gasteiger charge is 2.32. The number of hydrogen-bond donors (Lipinski definition) is 1. The molecule has 0 aromatic heterocycles. The van der Waals surface area contributed by atoms with Crippen molar-refractivity contribution in [2.45, 2.75) is 31.7 Å². The quantitative estimate of drug-likeness (QED) is 0.896. The summed E-state index contributed by atoms with van der Waals surface area (Å²) in [4.78, 5) is 13.1. The third-order valence-corrected chi connectivity index (χ3v) is 6.18. The number of aryl methyl sites for hydroxylation is 2. The van der Waals surface area contributed by atoms with Gasteiger partial charge in [0.1, 0.15) is 6.04 Å². The van der Waals surface area contributed by atoms with Crippen molar-refractivity contribution in [3.63, 3.8) is 0 Å². The molecule has 1 aliphatic rings. The van der Waals surface area contributed by atoms with Gasteiger partial charge in [0.05, 0.1) is 4.90 Å². The topological polar surface area (TPSA) is 77.9 Å². The number of rotatable bonds is 4. The van der Waals surface area contributed by atoms with Crippen molar-refractivity contribution in [3.05, 3.63) is 29.3 Å². The Bertz CT molecular complexity index is 664. The van der Waals surface area contributed by atoms with Gasteiger partial charge in [-0.3, -0.25) is 9.69 Å². The zero-order chi connectivity index (χ0) is 16.5. The number of nitrogens with zero attached hydrogens (tertiary/aromatic N) is 2. The van der Waals surface area contributed by atoms with Crippen LogP contribution in [-0.4, -0.2) is 60.9 Å². The Morgan fingerprint density at radius 2 is 1.77 bits per heavy atom. The molecule has 2 rings (SSSR count). The molecule has 1 fully saturated rings. The molecule has 0 aliphatic carbocycles. The first-order valence-corrected chi connectivity index (χ1v) is 8.71. The summed E-state index contributed by atoms with van der Waals surface area (Å²) in [5.74, 6) is -0.883. The number of aliphatic carboxylic acids is 1. The van der Waals surface area contributed by atoms with Crippen molar-refractivity contribution < 1.29 is 18.3 Å². The van der Waals surface area contributed by atoms with Crippen molar-refractivity contribution >= 4 is 16.0 Å². The minimum Gasteiger partial charge on any atom is -0.480 e. The van der Waals surface area contributed by atoms with E-state index in [2.05, 4.69) is 0 Å². The Balaban J connectivity index is 2.16. The molecule has 0 radical (unpaired) electrons. The van der Waals surface area contributed by atoms with Crippen LogP contribution in [0.5, 0.6) is 0 Å². The fourth-order valence-corrected chi connectivity index (χ4v) is 4.34. The molecular weight excluding hydrogens is 304 g/mol. The van der Waals surface area contributed by atoms with Crippen molar-refractivity contribution in [2.24, 2.45) is 0 Å². The summed E-state index contributed by atoms with van der Waals surface area (Å²) in [6.45, 7) is 6.76. The lowest BCUT2D eigenvalue weighted by atomic mass is 10.2. The molecule has 7 heteroatoms. The highest BCUT2D eigenvalue weighted by molar-refractivity contribution is 7.89. The number of hydrogen-bond acceptors (Lipinski definition) is 4. The highest BCUT2D eigenvalue weighted by atomic mass is 32.2. The van der Waals surface area contributed by atoms with Crippen LogP contribution in [0.2, 0.25) is 0 Å². The third-order valence-electron chi connectivity index (χ3n) is 4.14. The first-order chi connectivity index (χ1) is 10.2. The molecule has 1 heterocycles. The van der Waals surface area contributed by atoms with E-state index in [4.69, 9.17) is 5.11 Å². The summed E-state index contributed by atoms with van der Waals surface area (Å²) in [5, 5.41) is 9.03. The van der Waals surface area contributed by atoms with Gasteiger partial charge in [0.25, 0.3) is 0 Å². The molecule has 122 valence electrons. The van der Waals surface area contributed by atoms with Gasteiger partial charge in [-0.15, -0.1) is 0 Å². The molecule has 0 amide bonds. The first-order valence-electron chi connectivity index (χ1n) is 7.27. The Kier molecular flexibility index (Phi) is 4.89. The number of carbonyl (C=O) groups is 1. The summed E-state index contributed by atoms with van der Waals surface area (Å²) in [6, 6.07) is 4.80. The summed E-state index contributed by atoms with van der Waals surface area (Å²) in [5.41, 5.74) is 1.63. The predicted molar refractivity (Wildman–Crippen MR) is 83.3 cm³/mol. The maximum atomic E-state index is 12.8. The molecule has 1 aromatic carbocycles. The molecule has 0 spiro atoms. The van der Waals surface area contributed by atoms with Crippen LogP contribution < -0.4 is 0 Å². The largest absolute Gasteiger partial charge is 0.480 e. The fourth-order valence-electron chi connectivity index (χ4n) is 2.61. The van der Waals surface area contributed by atoms with Gasteiger partial charge in [-0.25, -0.2) is 8.42 Å². The van der Waals surface area contributed by atoms with Crippen LogP contribution in [0, 0.1) is 13.8 Å². The molecule has 0 unspecified atom stereocenters. The van der Waals surface area contributed by atoms with Crippen LogP contribution in [0.4, 0.5) is 0 Å². The zero-order valence-corrected chi connectivity index (χ0v) is 13.9. The van der Waals surface area contributed by atoms with Gasteiger partial charge in [0.15, 0.2) is 0 Å². The number of carboxylic acid groups (broad SMARTS) is 1. The van der Waals surface area contributed by atoms with E-state index in [-0.39, 0.29) is 0 Å². The van der Waals surface area contributed by atoms with E-state index in [0.29, 0.717) is 31.1 Å². The lowest BCUT2D eigenvalue weighted by Crippen LogP contribution is -2.53. The maximum Gasteiger partial charge on any atom is 0.320 e. The molecule has 1 saturated heterocycles. The highest BCUT2D eigenvalue weighted by Crippen LogP contribution is 2.22. The normalized spacial score (nSPS) is 19.0. The van der Waals surface area contributed by atoms with E-state index in [1.807, 2.05) is 19.1 Å². The van der Waals surface area contributed by atoms with E-state index in [1.165, 1.54) is 4.31 Å². The molecule has 6 nitrogen and oxygen atoms in total. The van der Waals surface area contributed by atoms with Gasteiger partial charge in [0.2, 0.25) is 10.0 Å². The van der Waals surface area contributed by atoms with Crippen molar-refractivity contribution in [1.82, 2.24) is 9.21 Å². The standard InChI is InChI=1S/C15H22N2O4S/c1-11-4-5-12(2)14(10-11)22(20,21)17-8-6-16(7-9-17)13(3)15(18)19/h4-5,10,13H,6-9H2,1-3H3,(H,18,19)/t13-/m1/s1. The van der Waals surface area contributed by atoms with Gasteiger partial charge >= 0.3 is 5.97 Å². The molecule has 0 saturated carbocycles. The molecule has 1 aliphatic heterocycles. The van der Waals surface area contributed by atoms with Crippen molar-refractivity contribution in [1.29, 1.82) is 0 Å². The van der Waals surface area contributed by atoms with E-state index in [0.717, 1.165) is 11.1 Å². The predicted octanol–water partition coefficient (Wildman–Crippen LogP) is 1.08. The summed E-state index contributed by atoms with van der Waals surface area (Å²) in [6.07, 6.45) is 0. The van der Waals surface area contributed by atoms with Crippen LogP contribution in [-0.2, 0) is 14.8 Å². The maximum absolute atomic E-state index is 12.8. The van der Waals surface area contributed by atoms with Crippen molar-refractivity contribution in [2.75, 3.05) is 26.2 Å². The van der Waals surface area contributed by atoms with E-state index in [1.54, 1.807) is 24.8 Å². The molecule has 1 atom stereocenters. The van der Waals surface area contributed by atoms with Gasteiger partial charge in [0, 0.05) is 26.2 Å². The van der Waals surface area contributed by atoms with E-state index >= 15 is 0 Å². The molecule has 1 N–H and O–H groups in total. The van der Waals surface area contributed by atoms with Crippen LogP contribution in [0.25, 0.3) is 0 Å². The minimum atomic E-state index is -3.53. The Hall–Kier alpha value is -1.44. The zero-order valence-electron chi connectivity index (χ0n) is 13.1. The summed E-state index contributed by atoms with van der Waals surface area (Å²) in [7, 11) is -3.53. The van der Waals surface area contributed by atoms with E-state index < -0.39 is 22.0 Å². The lowest BCUT2D eigenvalue weighted by molar-refractivity contribution is -0.143. The van der Waals surface area contributed by atoms with Crippen LogP contribution >= 0.6 is 0 Å². The number of sulfonamides is 1. The van der Waals surface area contributed by atoms with Gasteiger partial charge in [-0.05, 0) is 38.0 Å². The van der Waals surface area contributed by atoms with Crippen LogP contribution in [0.1, 0.15) is 18.1 Å². The molecule has 1 aromatic rings. The van der Waals surface area contributed by atoms with Crippen LogP contribution in [0.15, 0.2) is 23.1 Å². The number of carboxylic acids is 1. The van der Waals surface area contributed by atoms with Crippen molar-refractivity contribution in [3.8, 4) is 0 Å². The second-order valence-corrected chi connectivity index (χ2v) is 7.63. The minimum absolute atomic E-state index is 0.313. The van der Waals surface area contributed by atoms with Gasteiger partial charge in [-0.1, -0.05) is 12.1 Å². The van der Waals surface area contributed by atoms with Crippen LogP contribution in [0.3, 0.4) is 0 Å². The number of piperazine rings is 1. The Morgan fingerprint density at radius 1 is 1.18 bits per heavy atom. The van der Waals surface area contributed by atoms with Gasteiger partial charge < -0.3 is 5.11 Å². The Labute approximate surface area is 131 Å². The fraction of sp³-hybridized carbons (Fsp3) is 0.533. The second kappa shape index (κ2) is 6.36. The molecule has 22 heavy (non-hydrogen) atoms. The van der Waals surface area contributed by atoms with Gasteiger partial charge in [-0.2, -0.15) is 4.31 Å². The number of benzene rings is 1. The summed E-state index contributed by atoms with van der Waals surface area (Å²) < 4.78 is 27.0. The first kappa shape index (κ1) is 16.9. The lowest BCUT2D eigenvalue weighted by Gasteiger charge is -2.36.